The number of ketones is 1. The smallest absolute Gasteiger partial charge is 0.335 e. The molecule has 0 radical (unpaired) electrons. The Labute approximate surface area is 258 Å². The van der Waals surface area contributed by atoms with Crippen LogP contribution in [0.2, 0.25) is 0 Å². The molecule has 0 unspecified atom stereocenters. The van der Waals surface area contributed by atoms with Gasteiger partial charge in [-0.25, -0.2) is 4.79 Å². The summed E-state index contributed by atoms with van der Waals surface area (Å²) in [4.78, 5) is 38.7. The molecule has 3 aromatic rings. The van der Waals surface area contributed by atoms with Gasteiger partial charge in [0.1, 0.15) is 5.75 Å². The van der Waals surface area contributed by atoms with Gasteiger partial charge in [0.15, 0.2) is 5.78 Å². The number of hydrogen-bond acceptors (Lipinski definition) is 7. The van der Waals surface area contributed by atoms with E-state index in [-0.39, 0.29) is 41.8 Å². The molecule has 44 heavy (non-hydrogen) atoms. The summed E-state index contributed by atoms with van der Waals surface area (Å²) in [5.74, 6) is -0.790. The van der Waals surface area contributed by atoms with Crippen LogP contribution in [0.1, 0.15) is 48.0 Å². The first-order valence-electron chi connectivity index (χ1n) is 15.3. The molecule has 1 saturated carbocycles. The van der Waals surface area contributed by atoms with E-state index in [9.17, 15) is 14.4 Å². The van der Waals surface area contributed by atoms with Crippen LogP contribution in [0.15, 0.2) is 91.0 Å². The molecule has 3 atom stereocenters. The Bertz CT molecular complexity index is 1410. The fourth-order valence-electron chi connectivity index (χ4n) is 5.92. The molecule has 1 aliphatic carbocycles. The maximum atomic E-state index is 13.3. The zero-order chi connectivity index (χ0) is 30.7. The number of unbranched alkanes of at least 4 members (excludes halogenated alkanes) is 1. The molecule has 0 bridgehead atoms. The van der Waals surface area contributed by atoms with Crippen LogP contribution in [-0.4, -0.2) is 66.2 Å². The van der Waals surface area contributed by atoms with E-state index in [1.807, 2.05) is 18.2 Å². The van der Waals surface area contributed by atoms with Gasteiger partial charge in [-0.2, -0.15) is 0 Å². The Hall–Kier alpha value is -4.11. The van der Waals surface area contributed by atoms with Crippen LogP contribution < -0.4 is 4.74 Å². The third kappa shape index (κ3) is 8.50. The monoisotopic (exact) mass is 597 g/mol. The van der Waals surface area contributed by atoms with Gasteiger partial charge in [0, 0.05) is 31.8 Å². The minimum atomic E-state index is -1.03. The summed E-state index contributed by atoms with van der Waals surface area (Å²) in [6.07, 6.45) is 6.70. The average Bonchev–Trinajstić information content (AvgIpc) is 3.37. The predicted octanol–water partition coefficient (Wildman–Crippen LogP) is 5.95. The first-order chi connectivity index (χ1) is 21.5. The van der Waals surface area contributed by atoms with Crippen molar-refractivity contribution >= 4 is 17.7 Å². The maximum absolute atomic E-state index is 13.3. The second kappa shape index (κ2) is 15.6. The summed E-state index contributed by atoms with van der Waals surface area (Å²) in [5.41, 5.74) is 3.54. The molecule has 1 heterocycles. The highest BCUT2D eigenvalue weighted by Crippen LogP contribution is 2.34. The highest BCUT2D eigenvalue weighted by Gasteiger charge is 2.45. The van der Waals surface area contributed by atoms with Gasteiger partial charge in [0.25, 0.3) is 0 Å². The number of nitrogens with zero attached hydrogens (tertiary/aromatic N) is 1. The van der Waals surface area contributed by atoms with E-state index in [0.29, 0.717) is 51.3 Å². The zero-order valence-corrected chi connectivity index (χ0v) is 24.8. The molecule has 230 valence electrons. The minimum Gasteiger partial charge on any atom is -0.478 e. The predicted molar refractivity (Wildman–Crippen MR) is 166 cm³/mol. The number of benzene rings is 3. The number of ether oxygens (including phenoxy) is 3. The van der Waals surface area contributed by atoms with Gasteiger partial charge in [-0.3, -0.25) is 14.5 Å². The number of hydrogen-bond donors (Lipinski definition) is 1. The van der Waals surface area contributed by atoms with Crippen molar-refractivity contribution in [3.05, 3.63) is 102 Å². The Morgan fingerprint density at radius 2 is 1.61 bits per heavy atom. The van der Waals surface area contributed by atoms with E-state index in [1.165, 1.54) is 29.8 Å². The molecule has 0 aromatic heterocycles. The lowest BCUT2D eigenvalue weighted by Crippen LogP contribution is -2.49. The number of carboxylic acids is 1. The Balaban J connectivity index is 1.13. The Morgan fingerprint density at radius 1 is 0.909 bits per heavy atom. The number of carboxylic acid groups (broad SMARTS) is 1. The van der Waals surface area contributed by atoms with Crippen LogP contribution in [0.4, 0.5) is 0 Å². The van der Waals surface area contributed by atoms with Crippen molar-refractivity contribution in [1.29, 1.82) is 0 Å². The first-order valence-corrected chi connectivity index (χ1v) is 15.3. The van der Waals surface area contributed by atoms with Gasteiger partial charge >= 0.3 is 11.9 Å². The lowest BCUT2D eigenvalue weighted by molar-refractivity contribution is -0.134. The number of allylic oxidation sites excluding steroid dienone is 2. The van der Waals surface area contributed by atoms with Crippen molar-refractivity contribution in [2.75, 3.05) is 26.3 Å². The van der Waals surface area contributed by atoms with E-state index in [2.05, 4.69) is 53.5 Å². The highest BCUT2D eigenvalue weighted by molar-refractivity contribution is 5.88. The minimum absolute atomic E-state index is 0.0409. The quantitative estimate of drug-likeness (QED) is 0.112. The lowest BCUT2D eigenvalue weighted by Gasteiger charge is -2.35. The summed E-state index contributed by atoms with van der Waals surface area (Å²) >= 11 is 0. The highest BCUT2D eigenvalue weighted by atomic mass is 16.5. The number of Topliss-reactive ketones (excluding diaryl/α,β-unsaturated/α-hetero) is 1. The van der Waals surface area contributed by atoms with Crippen LogP contribution in [0.3, 0.4) is 0 Å². The molecule has 2 fully saturated rings. The van der Waals surface area contributed by atoms with Crippen molar-refractivity contribution < 1.29 is 33.7 Å². The second-order valence-electron chi connectivity index (χ2n) is 11.2. The van der Waals surface area contributed by atoms with Crippen LogP contribution in [-0.2, 0) is 25.7 Å². The molecule has 2 aliphatic rings. The largest absolute Gasteiger partial charge is 0.478 e. The fourth-order valence-corrected chi connectivity index (χ4v) is 5.92. The summed E-state index contributed by atoms with van der Waals surface area (Å²) in [6.45, 7) is 3.19. The molecule has 0 amide bonds. The number of rotatable bonds is 13. The standard InChI is InChI=1S/C36H39NO7/c38-32-24-33(43-25-26-12-14-28(15-13-26)27-8-4-3-5-9-27)31(35(32)37-20-22-42-23-21-37)10-6-1-2-7-11-34(39)44-30-18-16-29(17-19-30)36(40)41/h1,3-6,8-9,12-19,31,33,35H,2,7,10-11,20-25H2,(H,40,41)/b6-1-/t31-,33-,35+/m0/s1. The van der Waals surface area contributed by atoms with E-state index < -0.39 is 5.97 Å². The second-order valence-corrected chi connectivity index (χ2v) is 11.2. The average molecular weight is 598 g/mol. The topological polar surface area (TPSA) is 102 Å². The van der Waals surface area contributed by atoms with Gasteiger partial charge in [-0.05, 0) is 60.2 Å². The van der Waals surface area contributed by atoms with Gasteiger partial charge in [0.2, 0.25) is 0 Å². The van der Waals surface area contributed by atoms with E-state index >= 15 is 0 Å². The molecule has 8 heteroatoms. The van der Waals surface area contributed by atoms with Crippen LogP contribution >= 0.6 is 0 Å². The summed E-state index contributed by atoms with van der Waals surface area (Å²) < 4.78 is 17.3. The summed E-state index contributed by atoms with van der Waals surface area (Å²) in [5, 5.41) is 8.99. The van der Waals surface area contributed by atoms with E-state index in [4.69, 9.17) is 19.3 Å². The van der Waals surface area contributed by atoms with Crippen molar-refractivity contribution in [2.45, 2.75) is 50.9 Å². The third-order valence-corrected chi connectivity index (χ3v) is 8.24. The van der Waals surface area contributed by atoms with Crippen molar-refractivity contribution in [3.63, 3.8) is 0 Å². The van der Waals surface area contributed by atoms with Crippen LogP contribution in [0, 0.1) is 5.92 Å². The summed E-state index contributed by atoms with van der Waals surface area (Å²) in [6, 6.07) is 24.2. The molecule has 8 nitrogen and oxygen atoms in total. The summed E-state index contributed by atoms with van der Waals surface area (Å²) in [7, 11) is 0. The Kier molecular flexibility index (Phi) is 11.1. The number of carbonyl (C=O) groups is 3. The lowest BCUT2D eigenvalue weighted by atomic mass is 9.95. The van der Waals surface area contributed by atoms with E-state index in [1.54, 1.807) is 0 Å². The molecule has 1 N–H and O–H groups in total. The maximum Gasteiger partial charge on any atom is 0.335 e. The fraction of sp³-hybridized carbons (Fsp3) is 0.361. The molecular formula is C36H39NO7. The molecule has 3 aromatic carbocycles. The molecule has 1 aliphatic heterocycles. The van der Waals surface area contributed by atoms with Crippen LogP contribution in [0.5, 0.6) is 5.75 Å². The first kappa shape index (κ1) is 31.3. The van der Waals surface area contributed by atoms with E-state index in [0.717, 1.165) is 24.2 Å². The third-order valence-electron chi connectivity index (χ3n) is 8.24. The molecule has 5 rings (SSSR count). The van der Waals surface area contributed by atoms with Gasteiger partial charge in [-0.15, -0.1) is 0 Å². The normalized spacial score (nSPS) is 20.6. The molecular weight excluding hydrogens is 558 g/mol. The Morgan fingerprint density at radius 3 is 2.32 bits per heavy atom. The van der Waals surface area contributed by atoms with Crippen molar-refractivity contribution in [3.8, 4) is 16.9 Å². The molecule has 1 saturated heterocycles. The number of carbonyl (C=O) groups excluding carboxylic acids is 2. The van der Waals surface area contributed by atoms with Crippen molar-refractivity contribution in [2.24, 2.45) is 5.92 Å². The molecule has 0 spiro atoms. The number of aromatic carboxylic acids is 1. The van der Waals surface area contributed by atoms with Gasteiger partial charge in [-0.1, -0.05) is 66.7 Å². The van der Waals surface area contributed by atoms with Gasteiger partial charge in [0.05, 0.1) is 37.5 Å². The van der Waals surface area contributed by atoms with Crippen LogP contribution in [0.25, 0.3) is 11.1 Å². The number of morpholine rings is 1. The van der Waals surface area contributed by atoms with Gasteiger partial charge < -0.3 is 19.3 Å². The SMILES string of the molecule is O=C(CCC/C=C\C[C@H]1[C@@H](OCc2ccc(-c3ccccc3)cc2)CC(=O)[C@@H]1N1CCOCC1)Oc1ccc(C(=O)O)cc1. The zero-order valence-electron chi connectivity index (χ0n) is 24.8. The van der Waals surface area contributed by atoms with Crippen molar-refractivity contribution in [1.82, 2.24) is 4.90 Å². The number of esters is 1.